The Morgan fingerprint density at radius 2 is 2.11 bits per heavy atom. The molecule has 2 heterocycles. The maximum absolute atomic E-state index is 11.5. The normalized spacial score (nSPS) is 31.9. The van der Waals surface area contributed by atoms with Crippen LogP contribution < -0.4 is 11.2 Å². The van der Waals surface area contributed by atoms with Gasteiger partial charge in [0.05, 0.1) is 14.6 Å². The zero-order valence-corrected chi connectivity index (χ0v) is 10.1. The monoisotopic (exact) mass is 275 g/mol. The van der Waals surface area contributed by atoms with Crippen molar-refractivity contribution in [3.63, 3.8) is 0 Å². The van der Waals surface area contributed by atoms with Crippen molar-refractivity contribution in [2.24, 2.45) is 0 Å². The summed E-state index contributed by atoms with van der Waals surface area (Å²) in [5, 5.41) is 19.4. The molecule has 9 heteroatoms. The molecule has 0 aromatic carbocycles. The predicted molar refractivity (Wildman–Crippen MR) is 61.1 cm³/mol. The highest BCUT2D eigenvalue weighted by Gasteiger charge is 2.43. The van der Waals surface area contributed by atoms with Gasteiger partial charge in [0, 0.05) is 18.4 Å². The van der Waals surface area contributed by atoms with Crippen LogP contribution in [0.25, 0.3) is 0 Å². The molecule has 0 spiro atoms. The molecule has 1 aromatic rings. The number of H-pyrrole nitrogens is 1. The molecule has 1 fully saturated rings. The third-order valence-electron chi connectivity index (χ3n) is 2.75. The summed E-state index contributed by atoms with van der Waals surface area (Å²) >= 11 is 0. The van der Waals surface area contributed by atoms with Crippen LogP contribution in [0.2, 0.25) is 0 Å². The van der Waals surface area contributed by atoms with Crippen LogP contribution in [0.15, 0.2) is 21.9 Å². The van der Waals surface area contributed by atoms with E-state index in [1.165, 1.54) is 6.20 Å². The largest absolute Gasteiger partial charge is 0.387 e. The molecule has 0 bridgehead atoms. The highest BCUT2D eigenvalue weighted by atomic mass is 31.1. The first-order valence-corrected chi connectivity index (χ1v) is 6.34. The highest BCUT2D eigenvalue weighted by molar-refractivity contribution is 7.23. The van der Waals surface area contributed by atoms with Crippen LogP contribution in [0.4, 0.5) is 0 Å². The molecule has 1 radical (unpaired) electrons. The summed E-state index contributed by atoms with van der Waals surface area (Å²) in [6.07, 6.45) is -3.23. The lowest BCUT2D eigenvalue weighted by Crippen LogP contribution is -2.37. The molecule has 1 unspecified atom stereocenters. The van der Waals surface area contributed by atoms with E-state index in [-0.39, 0.29) is 6.16 Å². The molecule has 1 aromatic heterocycles. The van der Waals surface area contributed by atoms with Crippen LogP contribution in [-0.4, -0.2) is 44.2 Å². The SMILES string of the molecule is O=[PH]C[C@H]1O[C@@H](n2ccc(=O)[nH]c2=O)[C@H](O)[C@@H]1O. The Bertz CT molecular complexity index is 554. The molecule has 1 saturated heterocycles. The summed E-state index contributed by atoms with van der Waals surface area (Å²) in [6, 6.07) is 1.10. The molecule has 99 valence electrons. The van der Waals surface area contributed by atoms with E-state index in [2.05, 4.69) is 0 Å². The number of hydrogen-bond donors (Lipinski definition) is 3. The smallest absolute Gasteiger partial charge is 0.330 e. The number of hydrogen-bond acceptors (Lipinski definition) is 6. The molecule has 0 saturated carbocycles. The first kappa shape index (κ1) is 13.1. The van der Waals surface area contributed by atoms with Crippen molar-refractivity contribution in [3.8, 4) is 0 Å². The second kappa shape index (κ2) is 5.11. The summed E-state index contributed by atoms with van der Waals surface area (Å²) in [5.41, 5.74) is -1.31. The maximum atomic E-state index is 11.5. The molecule has 1 aliphatic rings. The maximum Gasteiger partial charge on any atom is 0.330 e. The lowest BCUT2D eigenvalue weighted by molar-refractivity contribution is -0.0342. The topological polar surface area (TPSA) is 122 Å². The van der Waals surface area contributed by atoms with Gasteiger partial charge >= 0.3 is 5.69 Å². The lowest BCUT2D eigenvalue weighted by atomic mass is 10.1. The first-order valence-electron chi connectivity index (χ1n) is 5.22. The first-order chi connectivity index (χ1) is 8.54. The zero-order valence-electron chi connectivity index (χ0n) is 9.15. The summed E-state index contributed by atoms with van der Waals surface area (Å²) in [4.78, 5) is 24.4. The number of nitrogens with zero attached hydrogens (tertiary/aromatic N) is 1. The van der Waals surface area contributed by atoms with Gasteiger partial charge in [-0.3, -0.25) is 18.9 Å². The van der Waals surface area contributed by atoms with Crippen molar-refractivity contribution in [1.82, 2.24) is 9.55 Å². The van der Waals surface area contributed by atoms with Crippen LogP contribution in [0.5, 0.6) is 0 Å². The number of aromatic amines is 1. The van der Waals surface area contributed by atoms with Crippen molar-refractivity contribution in [1.29, 1.82) is 0 Å². The number of aliphatic hydroxyl groups excluding tert-OH is 2. The molecule has 2 rings (SSSR count). The van der Waals surface area contributed by atoms with Gasteiger partial charge in [-0.2, -0.15) is 0 Å². The number of aromatic nitrogens is 2. The van der Waals surface area contributed by atoms with E-state index in [9.17, 15) is 24.4 Å². The van der Waals surface area contributed by atoms with Crippen LogP contribution in [0, 0.1) is 0 Å². The Balaban J connectivity index is 2.31. The molecule has 5 atom stereocenters. The van der Waals surface area contributed by atoms with Crippen molar-refractivity contribution >= 4 is 8.46 Å². The molecule has 18 heavy (non-hydrogen) atoms. The Hall–Kier alpha value is -1.34. The third kappa shape index (κ3) is 2.28. The van der Waals surface area contributed by atoms with E-state index in [1.807, 2.05) is 4.98 Å². The molecule has 3 N–H and O–H groups in total. The number of nitrogens with one attached hydrogen (secondary N) is 1. The molecular formula is C9H12N2O6P. The highest BCUT2D eigenvalue weighted by Crippen LogP contribution is 2.29. The fraction of sp³-hybridized carbons (Fsp3) is 0.556. The Kier molecular flexibility index (Phi) is 3.72. The predicted octanol–water partition coefficient (Wildman–Crippen LogP) is -1.82. The van der Waals surface area contributed by atoms with Gasteiger partial charge in [0.15, 0.2) is 6.23 Å². The van der Waals surface area contributed by atoms with E-state index < -0.39 is 44.2 Å². The zero-order chi connectivity index (χ0) is 13.3. The summed E-state index contributed by atoms with van der Waals surface area (Å²) in [6.45, 7) is 0. The van der Waals surface area contributed by atoms with Gasteiger partial charge in [0.2, 0.25) is 0 Å². The number of aliphatic hydroxyl groups is 2. The van der Waals surface area contributed by atoms with E-state index in [4.69, 9.17) is 4.74 Å². The average Bonchev–Trinajstić information content (AvgIpc) is 2.58. The van der Waals surface area contributed by atoms with Gasteiger partial charge in [0.1, 0.15) is 12.2 Å². The number of rotatable bonds is 3. The van der Waals surface area contributed by atoms with E-state index in [1.54, 1.807) is 0 Å². The van der Waals surface area contributed by atoms with E-state index in [0.717, 1.165) is 10.6 Å². The van der Waals surface area contributed by atoms with Crippen molar-refractivity contribution < 1.29 is 19.5 Å². The third-order valence-corrected chi connectivity index (χ3v) is 3.32. The minimum Gasteiger partial charge on any atom is -0.387 e. The Labute approximate surface area is 102 Å². The van der Waals surface area contributed by atoms with Gasteiger partial charge < -0.3 is 14.9 Å². The summed E-state index contributed by atoms with van der Waals surface area (Å²) in [7, 11) is -0.681. The second-order valence-corrected chi connectivity index (χ2v) is 4.61. The second-order valence-electron chi connectivity index (χ2n) is 3.91. The fourth-order valence-electron chi connectivity index (χ4n) is 1.84. The van der Waals surface area contributed by atoms with Crippen molar-refractivity contribution in [2.75, 3.05) is 6.16 Å². The van der Waals surface area contributed by atoms with Gasteiger partial charge in [-0.15, -0.1) is 0 Å². The van der Waals surface area contributed by atoms with E-state index >= 15 is 0 Å². The molecule has 8 nitrogen and oxygen atoms in total. The molecular weight excluding hydrogens is 263 g/mol. The van der Waals surface area contributed by atoms with Gasteiger partial charge in [-0.1, -0.05) is 0 Å². The average molecular weight is 275 g/mol. The number of ether oxygens (including phenoxy) is 1. The fourth-order valence-corrected chi connectivity index (χ4v) is 2.34. The minimum absolute atomic E-state index is 0.0623. The standard InChI is InChI=1S/C9H12N2O6P/c12-5-1-2-11(9(15)10-5)8-7(14)6(13)4(17-8)3-18-16/h1-2,4,6-8,13-14,18H,3H2,(H,10,12,15)/t4-,6-,7-,8-/m1/s1. The van der Waals surface area contributed by atoms with Crippen molar-refractivity contribution in [3.05, 3.63) is 33.1 Å². The van der Waals surface area contributed by atoms with Gasteiger partial charge in [0.25, 0.3) is 5.56 Å². The minimum atomic E-state index is -1.32. The Morgan fingerprint density at radius 1 is 1.39 bits per heavy atom. The summed E-state index contributed by atoms with van der Waals surface area (Å²) in [5.74, 6) is 0. The van der Waals surface area contributed by atoms with Crippen LogP contribution in [-0.2, 0) is 9.30 Å². The lowest BCUT2D eigenvalue weighted by Gasteiger charge is -2.16. The van der Waals surface area contributed by atoms with Crippen LogP contribution >= 0.6 is 8.46 Å². The molecule has 0 aliphatic carbocycles. The Morgan fingerprint density at radius 3 is 2.72 bits per heavy atom. The van der Waals surface area contributed by atoms with Gasteiger partial charge in [-0.25, -0.2) is 4.79 Å². The van der Waals surface area contributed by atoms with Crippen LogP contribution in [0.3, 0.4) is 0 Å². The van der Waals surface area contributed by atoms with E-state index in [0.29, 0.717) is 0 Å². The molecule has 0 amide bonds. The quantitative estimate of drug-likeness (QED) is 0.558. The summed E-state index contributed by atoms with van der Waals surface area (Å²) < 4.78 is 16.8. The van der Waals surface area contributed by atoms with Crippen molar-refractivity contribution in [2.45, 2.75) is 24.5 Å². The van der Waals surface area contributed by atoms with Gasteiger partial charge in [-0.05, 0) is 0 Å². The molecule has 1 aliphatic heterocycles. The van der Waals surface area contributed by atoms with Crippen LogP contribution in [0.1, 0.15) is 6.23 Å².